The quantitative estimate of drug-likeness (QED) is 0.736. The Balaban J connectivity index is 2.61. The van der Waals surface area contributed by atoms with E-state index in [2.05, 4.69) is 45.0 Å². The van der Waals surface area contributed by atoms with E-state index in [1.54, 1.807) is 0 Å². The molecule has 0 amide bonds. The lowest BCUT2D eigenvalue weighted by Gasteiger charge is -2.27. The van der Waals surface area contributed by atoms with Crippen LogP contribution in [0.3, 0.4) is 0 Å². The molecule has 1 rings (SSSR count). The number of carbonyl (C=O) groups excluding carboxylic acids is 1. The zero-order valence-corrected chi connectivity index (χ0v) is 13.8. The molecule has 0 saturated heterocycles. The fourth-order valence-corrected chi connectivity index (χ4v) is 2.61. The van der Waals surface area contributed by atoms with E-state index < -0.39 is 0 Å². The summed E-state index contributed by atoms with van der Waals surface area (Å²) in [4.78, 5) is 11.6. The van der Waals surface area contributed by atoms with Gasteiger partial charge in [-0.25, -0.2) is 0 Å². The number of nitrogens with two attached hydrogens (primary N) is 1. The maximum Gasteiger partial charge on any atom is 0.306 e. The van der Waals surface area contributed by atoms with E-state index in [0.717, 1.165) is 24.8 Å². The van der Waals surface area contributed by atoms with Gasteiger partial charge in [-0.2, -0.15) is 0 Å². The largest absolute Gasteiger partial charge is 0.466 e. The minimum absolute atomic E-state index is 0.0508. The zero-order valence-electron chi connectivity index (χ0n) is 13.8. The topological polar surface area (TPSA) is 52.3 Å². The van der Waals surface area contributed by atoms with E-state index in [1.807, 2.05) is 6.92 Å². The maximum absolute atomic E-state index is 11.6. The molecule has 0 aliphatic rings. The SMILES string of the molecule is CCCc1ccc(C(N)CC(C)(C)CC(=O)OCC)cc1. The lowest BCUT2D eigenvalue weighted by molar-refractivity contribution is -0.145. The van der Waals surface area contributed by atoms with Crippen LogP contribution in [0.25, 0.3) is 0 Å². The molecule has 3 nitrogen and oxygen atoms in total. The second kappa shape index (κ2) is 8.18. The highest BCUT2D eigenvalue weighted by Crippen LogP contribution is 2.32. The first kappa shape index (κ1) is 17.7. The summed E-state index contributed by atoms with van der Waals surface area (Å²) in [7, 11) is 0. The third-order valence-corrected chi connectivity index (χ3v) is 3.65. The summed E-state index contributed by atoms with van der Waals surface area (Å²) in [5, 5.41) is 0. The van der Waals surface area contributed by atoms with Gasteiger partial charge in [-0.3, -0.25) is 4.79 Å². The van der Waals surface area contributed by atoms with E-state index >= 15 is 0 Å². The highest BCUT2D eigenvalue weighted by Gasteiger charge is 2.26. The second-order valence-corrected chi connectivity index (χ2v) is 6.45. The average Bonchev–Trinajstić information content (AvgIpc) is 2.38. The molecule has 118 valence electrons. The van der Waals surface area contributed by atoms with E-state index in [4.69, 9.17) is 10.5 Å². The van der Waals surface area contributed by atoms with Gasteiger partial charge < -0.3 is 10.5 Å². The summed E-state index contributed by atoms with van der Waals surface area (Å²) in [6.07, 6.45) is 3.42. The Bertz CT molecular complexity index is 437. The van der Waals surface area contributed by atoms with Gasteiger partial charge in [0.05, 0.1) is 13.0 Å². The lowest BCUT2D eigenvalue weighted by Crippen LogP contribution is -2.25. The predicted octanol–water partition coefficient (Wildman–Crippen LogP) is 4.01. The van der Waals surface area contributed by atoms with Crippen LogP contribution in [-0.4, -0.2) is 12.6 Å². The van der Waals surface area contributed by atoms with Gasteiger partial charge in [-0.05, 0) is 36.3 Å². The molecule has 0 fully saturated rings. The number of hydrogen-bond donors (Lipinski definition) is 1. The summed E-state index contributed by atoms with van der Waals surface area (Å²) in [5.41, 5.74) is 8.62. The van der Waals surface area contributed by atoms with Gasteiger partial charge in [0.2, 0.25) is 0 Å². The third-order valence-electron chi connectivity index (χ3n) is 3.65. The van der Waals surface area contributed by atoms with Crippen molar-refractivity contribution in [3.63, 3.8) is 0 Å². The van der Waals surface area contributed by atoms with Gasteiger partial charge in [0.1, 0.15) is 0 Å². The van der Waals surface area contributed by atoms with Crippen LogP contribution < -0.4 is 5.73 Å². The Labute approximate surface area is 128 Å². The fourth-order valence-electron chi connectivity index (χ4n) is 2.61. The Morgan fingerprint density at radius 1 is 1.24 bits per heavy atom. The summed E-state index contributed by atoms with van der Waals surface area (Å²) >= 11 is 0. The molecule has 3 heteroatoms. The number of esters is 1. The summed E-state index contributed by atoms with van der Waals surface area (Å²) in [5.74, 6) is -0.145. The Hall–Kier alpha value is -1.35. The molecule has 0 aliphatic carbocycles. The van der Waals surface area contributed by atoms with Crippen molar-refractivity contribution in [2.24, 2.45) is 11.1 Å². The number of benzene rings is 1. The van der Waals surface area contributed by atoms with E-state index in [9.17, 15) is 4.79 Å². The van der Waals surface area contributed by atoms with Gasteiger partial charge in [0.15, 0.2) is 0 Å². The Morgan fingerprint density at radius 3 is 2.38 bits per heavy atom. The molecule has 0 aliphatic heterocycles. The number of ether oxygens (including phenoxy) is 1. The normalized spacial score (nSPS) is 13.0. The van der Waals surface area contributed by atoms with E-state index in [1.165, 1.54) is 5.56 Å². The summed E-state index contributed by atoms with van der Waals surface area (Å²) < 4.78 is 5.03. The Morgan fingerprint density at radius 2 is 1.86 bits per heavy atom. The van der Waals surface area contributed by atoms with Gasteiger partial charge in [0.25, 0.3) is 0 Å². The molecule has 21 heavy (non-hydrogen) atoms. The van der Waals surface area contributed by atoms with Crippen molar-refractivity contribution in [1.29, 1.82) is 0 Å². The highest BCUT2D eigenvalue weighted by atomic mass is 16.5. The van der Waals surface area contributed by atoms with Gasteiger partial charge in [-0.15, -0.1) is 0 Å². The van der Waals surface area contributed by atoms with E-state index in [-0.39, 0.29) is 17.4 Å². The lowest BCUT2D eigenvalue weighted by atomic mass is 9.81. The standard InChI is InChI=1S/C18H29NO2/c1-5-7-14-8-10-15(11-9-14)16(19)12-18(3,4)13-17(20)21-6-2/h8-11,16H,5-7,12-13,19H2,1-4H3. The van der Waals surface area contributed by atoms with E-state index in [0.29, 0.717) is 13.0 Å². The predicted molar refractivity (Wildman–Crippen MR) is 87.0 cm³/mol. The van der Waals surface area contributed by atoms with Crippen LogP contribution in [0.15, 0.2) is 24.3 Å². The minimum Gasteiger partial charge on any atom is -0.466 e. The van der Waals surface area contributed by atoms with Crippen molar-refractivity contribution in [1.82, 2.24) is 0 Å². The first-order valence-electron chi connectivity index (χ1n) is 7.88. The maximum atomic E-state index is 11.6. The van der Waals surface area contributed by atoms with Crippen LogP contribution in [0.5, 0.6) is 0 Å². The molecular formula is C18H29NO2. The molecule has 0 saturated carbocycles. The smallest absolute Gasteiger partial charge is 0.306 e. The summed E-state index contributed by atoms with van der Waals surface area (Å²) in [6, 6.07) is 8.46. The molecule has 1 atom stereocenters. The molecule has 1 aromatic carbocycles. The van der Waals surface area contributed by atoms with Crippen LogP contribution in [0, 0.1) is 5.41 Å². The average molecular weight is 291 g/mol. The molecule has 2 N–H and O–H groups in total. The molecule has 1 aromatic rings. The van der Waals surface area contributed by atoms with Crippen LogP contribution in [-0.2, 0) is 16.0 Å². The van der Waals surface area contributed by atoms with Crippen LogP contribution in [0.1, 0.15) is 64.1 Å². The van der Waals surface area contributed by atoms with Gasteiger partial charge in [0, 0.05) is 6.04 Å². The zero-order chi connectivity index (χ0) is 15.9. The van der Waals surface area contributed by atoms with Crippen molar-refractivity contribution in [2.75, 3.05) is 6.61 Å². The molecule has 1 unspecified atom stereocenters. The monoisotopic (exact) mass is 291 g/mol. The second-order valence-electron chi connectivity index (χ2n) is 6.45. The number of aryl methyl sites for hydroxylation is 1. The van der Waals surface area contributed by atoms with Crippen molar-refractivity contribution in [3.05, 3.63) is 35.4 Å². The number of carbonyl (C=O) groups is 1. The fraction of sp³-hybridized carbons (Fsp3) is 0.611. The van der Waals surface area contributed by atoms with Crippen molar-refractivity contribution < 1.29 is 9.53 Å². The first-order valence-corrected chi connectivity index (χ1v) is 7.88. The van der Waals surface area contributed by atoms with Crippen molar-refractivity contribution >= 4 is 5.97 Å². The molecule has 0 bridgehead atoms. The number of hydrogen-bond acceptors (Lipinski definition) is 3. The third kappa shape index (κ3) is 6.30. The van der Waals surface area contributed by atoms with Crippen molar-refractivity contribution in [3.8, 4) is 0 Å². The van der Waals surface area contributed by atoms with Crippen LogP contribution >= 0.6 is 0 Å². The minimum atomic E-state index is -0.159. The number of rotatable bonds is 8. The molecular weight excluding hydrogens is 262 g/mol. The van der Waals surface area contributed by atoms with Crippen molar-refractivity contribution in [2.45, 2.75) is 59.4 Å². The molecule has 0 heterocycles. The summed E-state index contributed by atoms with van der Waals surface area (Å²) in [6.45, 7) is 8.57. The molecule has 0 radical (unpaired) electrons. The molecule has 0 spiro atoms. The van der Waals surface area contributed by atoms with Gasteiger partial charge in [-0.1, -0.05) is 51.5 Å². The van der Waals surface area contributed by atoms with Gasteiger partial charge >= 0.3 is 5.97 Å². The van der Waals surface area contributed by atoms with Crippen LogP contribution in [0.4, 0.5) is 0 Å². The van der Waals surface area contributed by atoms with Crippen LogP contribution in [0.2, 0.25) is 0 Å². The Kier molecular flexibility index (Phi) is 6.90. The highest BCUT2D eigenvalue weighted by molar-refractivity contribution is 5.70. The first-order chi connectivity index (χ1) is 9.88. The molecule has 0 aromatic heterocycles.